The van der Waals surface area contributed by atoms with Crippen molar-refractivity contribution in [3.05, 3.63) is 0 Å². The molecule has 0 aromatic heterocycles. The molecule has 3 aliphatic rings. The van der Waals surface area contributed by atoms with E-state index in [1.807, 2.05) is 0 Å². The zero-order valence-electron chi connectivity index (χ0n) is 9.38. The quantitative estimate of drug-likeness (QED) is 0.658. The molecule has 1 aliphatic heterocycles. The van der Waals surface area contributed by atoms with Crippen LogP contribution < -0.4 is 0 Å². The third kappa shape index (κ3) is 1.88. The van der Waals surface area contributed by atoms with Gasteiger partial charge in [0.2, 0.25) is 0 Å². The fourth-order valence-corrected chi connectivity index (χ4v) is 4.84. The third-order valence-corrected chi connectivity index (χ3v) is 6.02. The smallest absolute Gasteiger partial charge is 0.0685 e. The number of hydrogen-bond acceptors (Lipinski definition) is 1. The minimum atomic E-state index is 0.345. The number of halogens is 1. The summed E-state index contributed by atoms with van der Waals surface area (Å²) in [6, 6.07) is 0. The molecule has 1 heterocycles. The Hall–Kier alpha value is 0.440. The van der Waals surface area contributed by atoms with Crippen molar-refractivity contribution >= 4 is 15.9 Å². The van der Waals surface area contributed by atoms with Crippen LogP contribution in [-0.4, -0.2) is 17.0 Å². The Kier molecular flexibility index (Phi) is 2.84. The Balaban J connectivity index is 1.65. The Morgan fingerprint density at radius 2 is 1.93 bits per heavy atom. The zero-order valence-corrected chi connectivity index (χ0v) is 11.0. The highest BCUT2D eigenvalue weighted by atomic mass is 79.9. The lowest BCUT2D eigenvalue weighted by Crippen LogP contribution is -2.47. The number of hydrogen-bond donors (Lipinski definition) is 0. The molecule has 15 heavy (non-hydrogen) atoms. The van der Waals surface area contributed by atoms with Crippen molar-refractivity contribution in [3.63, 3.8) is 0 Å². The summed E-state index contributed by atoms with van der Waals surface area (Å²) in [6.45, 7) is 1.03. The van der Waals surface area contributed by atoms with E-state index in [2.05, 4.69) is 15.9 Å². The summed E-state index contributed by atoms with van der Waals surface area (Å²) in [4.78, 5) is 0.803. The van der Waals surface area contributed by atoms with Crippen LogP contribution in [0.5, 0.6) is 0 Å². The fourth-order valence-electron chi connectivity index (χ4n) is 3.83. The molecule has 3 rings (SSSR count). The molecule has 2 heteroatoms. The highest BCUT2D eigenvalue weighted by Crippen LogP contribution is 2.49. The normalized spacial score (nSPS) is 44.2. The van der Waals surface area contributed by atoms with E-state index >= 15 is 0 Å². The van der Waals surface area contributed by atoms with Crippen molar-refractivity contribution < 1.29 is 4.74 Å². The van der Waals surface area contributed by atoms with Gasteiger partial charge in [-0.05, 0) is 56.8 Å². The van der Waals surface area contributed by atoms with Gasteiger partial charge in [-0.3, -0.25) is 0 Å². The lowest BCUT2D eigenvalue weighted by molar-refractivity contribution is -0.149. The molecular weight excluding hydrogens is 252 g/mol. The van der Waals surface area contributed by atoms with Crippen molar-refractivity contribution in [3.8, 4) is 0 Å². The molecule has 0 bridgehead atoms. The summed E-state index contributed by atoms with van der Waals surface area (Å²) in [5.41, 5.74) is 0.345. The molecule has 3 unspecified atom stereocenters. The van der Waals surface area contributed by atoms with E-state index in [9.17, 15) is 0 Å². The Morgan fingerprint density at radius 1 is 1.07 bits per heavy atom. The van der Waals surface area contributed by atoms with Gasteiger partial charge < -0.3 is 4.74 Å². The van der Waals surface area contributed by atoms with Gasteiger partial charge in [-0.25, -0.2) is 0 Å². The maximum Gasteiger partial charge on any atom is 0.0685 e. The SMILES string of the molecule is BrC1CCCC1C1CCOC2(CCC2)C1. The minimum absolute atomic E-state index is 0.345. The molecule has 1 saturated heterocycles. The van der Waals surface area contributed by atoms with Gasteiger partial charge in [0, 0.05) is 11.4 Å². The highest BCUT2D eigenvalue weighted by Gasteiger charge is 2.45. The maximum absolute atomic E-state index is 6.01. The fraction of sp³-hybridized carbons (Fsp3) is 1.00. The second-order valence-electron chi connectivity index (χ2n) is 5.75. The van der Waals surface area contributed by atoms with Crippen LogP contribution in [0.3, 0.4) is 0 Å². The number of ether oxygens (including phenoxy) is 1. The van der Waals surface area contributed by atoms with Gasteiger partial charge in [-0.2, -0.15) is 0 Å². The van der Waals surface area contributed by atoms with Gasteiger partial charge >= 0.3 is 0 Å². The summed E-state index contributed by atoms with van der Waals surface area (Å²) < 4.78 is 6.01. The summed E-state index contributed by atoms with van der Waals surface area (Å²) in [6.07, 6.45) is 11.0. The molecule has 1 nitrogen and oxygen atoms in total. The van der Waals surface area contributed by atoms with E-state index < -0.39 is 0 Å². The summed E-state index contributed by atoms with van der Waals surface area (Å²) in [5, 5.41) is 0. The highest BCUT2D eigenvalue weighted by molar-refractivity contribution is 9.09. The molecule has 0 aromatic rings. The monoisotopic (exact) mass is 272 g/mol. The van der Waals surface area contributed by atoms with Crippen molar-refractivity contribution in [2.75, 3.05) is 6.61 Å². The van der Waals surface area contributed by atoms with Gasteiger partial charge in [0.1, 0.15) is 0 Å². The molecule has 3 atom stereocenters. The largest absolute Gasteiger partial charge is 0.375 e. The molecule has 0 radical (unpaired) electrons. The van der Waals surface area contributed by atoms with Crippen LogP contribution in [0.2, 0.25) is 0 Å². The average Bonchev–Trinajstić information content (AvgIpc) is 2.62. The van der Waals surface area contributed by atoms with Crippen molar-refractivity contribution in [1.29, 1.82) is 0 Å². The van der Waals surface area contributed by atoms with Crippen molar-refractivity contribution in [2.24, 2.45) is 11.8 Å². The van der Waals surface area contributed by atoms with Crippen LogP contribution in [0.15, 0.2) is 0 Å². The summed E-state index contributed by atoms with van der Waals surface area (Å²) >= 11 is 3.88. The summed E-state index contributed by atoms with van der Waals surface area (Å²) in [5.74, 6) is 1.90. The van der Waals surface area contributed by atoms with E-state index in [1.54, 1.807) is 0 Å². The molecule has 0 amide bonds. The van der Waals surface area contributed by atoms with E-state index in [-0.39, 0.29) is 0 Å². The Labute approximate surface area is 101 Å². The van der Waals surface area contributed by atoms with Crippen LogP contribution in [0.4, 0.5) is 0 Å². The van der Waals surface area contributed by atoms with Crippen molar-refractivity contribution in [1.82, 2.24) is 0 Å². The van der Waals surface area contributed by atoms with E-state index in [1.165, 1.54) is 51.4 Å². The maximum atomic E-state index is 6.01. The van der Waals surface area contributed by atoms with Gasteiger partial charge in [-0.1, -0.05) is 22.4 Å². The van der Waals surface area contributed by atoms with E-state index in [0.717, 1.165) is 23.3 Å². The molecule has 0 N–H and O–H groups in total. The lowest BCUT2D eigenvalue weighted by atomic mass is 9.69. The zero-order chi connectivity index (χ0) is 10.3. The second kappa shape index (κ2) is 4.03. The first-order valence-corrected chi connectivity index (χ1v) is 7.49. The molecular formula is C13H21BrO. The van der Waals surface area contributed by atoms with E-state index in [0.29, 0.717) is 5.60 Å². The van der Waals surface area contributed by atoms with Gasteiger partial charge in [0.05, 0.1) is 5.60 Å². The van der Waals surface area contributed by atoms with Crippen LogP contribution >= 0.6 is 15.9 Å². The number of rotatable bonds is 1. The van der Waals surface area contributed by atoms with E-state index in [4.69, 9.17) is 4.74 Å². The Bertz CT molecular complexity index is 237. The first-order chi connectivity index (χ1) is 7.29. The Morgan fingerprint density at radius 3 is 2.53 bits per heavy atom. The third-order valence-electron chi connectivity index (χ3n) is 4.88. The predicted molar refractivity (Wildman–Crippen MR) is 65.3 cm³/mol. The molecule has 1 spiro atoms. The van der Waals surface area contributed by atoms with Crippen LogP contribution in [-0.2, 0) is 4.74 Å². The van der Waals surface area contributed by atoms with Gasteiger partial charge in [-0.15, -0.1) is 0 Å². The molecule has 3 fully saturated rings. The topological polar surface area (TPSA) is 9.23 Å². The van der Waals surface area contributed by atoms with Gasteiger partial charge in [0.25, 0.3) is 0 Å². The van der Waals surface area contributed by atoms with Crippen LogP contribution in [0, 0.1) is 11.8 Å². The molecule has 86 valence electrons. The first kappa shape index (κ1) is 10.6. The molecule has 0 aromatic carbocycles. The van der Waals surface area contributed by atoms with Crippen molar-refractivity contribution in [2.45, 2.75) is 61.8 Å². The standard InChI is InChI=1S/C13H21BrO/c14-12-4-1-3-11(12)10-5-8-15-13(9-10)6-2-7-13/h10-12H,1-9H2. The predicted octanol–water partition coefficient (Wildman–Crippen LogP) is 3.90. The van der Waals surface area contributed by atoms with Gasteiger partial charge in [0.15, 0.2) is 0 Å². The lowest BCUT2D eigenvalue weighted by Gasteiger charge is -2.48. The molecule has 2 saturated carbocycles. The molecule has 2 aliphatic carbocycles. The minimum Gasteiger partial charge on any atom is -0.375 e. The summed E-state index contributed by atoms with van der Waals surface area (Å²) in [7, 11) is 0. The first-order valence-electron chi connectivity index (χ1n) is 6.57. The number of alkyl halides is 1. The van der Waals surface area contributed by atoms with Crippen LogP contribution in [0.25, 0.3) is 0 Å². The second-order valence-corrected chi connectivity index (χ2v) is 6.92. The van der Waals surface area contributed by atoms with Crippen LogP contribution in [0.1, 0.15) is 51.4 Å². The average molecular weight is 273 g/mol.